The zero-order valence-corrected chi connectivity index (χ0v) is 11.0. The summed E-state index contributed by atoms with van der Waals surface area (Å²) in [6.07, 6.45) is -0.473. The summed E-state index contributed by atoms with van der Waals surface area (Å²) in [7, 11) is 0. The lowest BCUT2D eigenvalue weighted by atomic mass is 10.2. The topological polar surface area (TPSA) is 93.3 Å². The predicted molar refractivity (Wildman–Crippen MR) is 72.8 cm³/mol. The molecule has 0 unspecified atom stereocenters. The Hall–Kier alpha value is -2.41. The molecule has 0 fully saturated rings. The van der Waals surface area contributed by atoms with Crippen LogP contribution in [0.4, 0.5) is 5.69 Å². The first kappa shape index (κ1) is 14.0. The summed E-state index contributed by atoms with van der Waals surface area (Å²) < 4.78 is 0. The zero-order valence-electron chi connectivity index (χ0n) is 10.2. The van der Waals surface area contributed by atoms with E-state index in [1.807, 2.05) is 30.3 Å². The molecule has 1 heterocycles. The number of carbonyl (C=O) groups is 1. The molecule has 0 aliphatic carbocycles. The molecule has 1 N–H and O–H groups in total. The van der Waals surface area contributed by atoms with Gasteiger partial charge in [0.15, 0.2) is 0 Å². The van der Waals surface area contributed by atoms with Crippen molar-refractivity contribution in [2.75, 3.05) is 0 Å². The molecule has 0 saturated carbocycles. The molecule has 0 spiro atoms. The van der Waals surface area contributed by atoms with Crippen molar-refractivity contribution in [3.8, 4) is 0 Å². The molecular weight excluding hydrogens is 280 g/mol. The van der Waals surface area contributed by atoms with Crippen LogP contribution in [0.3, 0.4) is 0 Å². The second-order valence-corrected chi connectivity index (χ2v) is 4.95. The lowest BCUT2D eigenvalue weighted by molar-refractivity contribution is -0.386. The molecule has 0 amide bonds. The van der Waals surface area contributed by atoms with Crippen LogP contribution in [-0.4, -0.2) is 21.0 Å². The number of hydrogen-bond acceptors (Lipinski definition) is 5. The number of carboxylic acids is 1. The minimum absolute atomic E-state index is 0.0385. The van der Waals surface area contributed by atoms with Gasteiger partial charge in [0.05, 0.1) is 11.3 Å². The first-order valence-corrected chi connectivity index (χ1v) is 6.47. The monoisotopic (exact) mass is 290 g/mol. The molecule has 1 aromatic heterocycles. The second-order valence-electron chi connectivity index (χ2n) is 3.86. The van der Waals surface area contributed by atoms with Crippen molar-refractivity contribution in [3.05, 3.63) is 58.3 Å². The molecule has 102 valence electrons. The summed E-state index contributed by atoms with van der Waals surface area (Å²) in [5.41, 5.74) is -0.312. The first-order valence-electron chi connectivity index (χ1n) is 5.65. The standard InChI is InChI=1S/C13H10N2O4S/c16-13(17)8-10-11(15(18)19)6-7-12(14-10)20-9-4-2-1-3-5-9/h1-7H,8H2,(H,16,17). The number of pyridine rings is 1. The minimum Gasteiger partial charge on any atom is -0.481 e. The maximum atomic E-state index is 10.8. The Bertz CT molecular complexity index is 646. The van der Waals surface area contributed by atoms with Gasteiger partial charge < -0.3 is 5.11 Å². The fourth-order valence-electron chi connectivity index (χ4n) is 1.58. The third-order valence-corrected chi connectivity index (χ3v) is 3.35. The van der Waals surface area contributed by atoms with E-state index < -0.39 is 17.3 Å². The van der Waals surface area contributed by atoms with E-state index in [1.54, 1.807) is 0 Å². The van der Waals surface area contributed by atoms with Gasteiger partial charge >= 0.3 is 5.97 Å². The van der Waals surface area contributed by atoms with Crippen LogP contribution in [-0.2, 0) is 11.2 Å². The molecular formula is C13H10N2O4S. The summed E-state index contributed by atoms with van der Waals surface area (Å²) in [6.45, 7) is 0. The van der Waals surface area contributed by atoms with Crippen LogP contribution in [0.5, 0.6) is 0 Å². The molecule has 0 aliphatic rings. The summed E-state index contributed by atoms with van der Waals surface area (Å²) in [5, 5.41) is 20.1. The van der Waals surface area contributed by atoms with Gasteiger partial charge in [-0.3, -0.25) is 14.9 Å². The fourth-order valence-corrected chi connectivity index (χ4v) is 2.41. The van der Waals surface area contributed by atoms with Gasteiger partial charge in [0.1, 0.15) is 10.7 Å². The van der Waals surface area contributed by atoms with Gasteiger partial charge in [-0.2, -0.15) is 0 Å². The molecule has 1 aromatic carbocycles. The Kier molecular flexibility index (Phi) is 4.31. The number of rotatable bonds is 5. The fraction of sp³-hybridized carbons (Fsp3) is 0.0769. The third kappa shape index (κ3) is 3.55. The number of hydrogen-bond donors (Lipinski definition) is 1. The van der Waals surface area contributed by atoms with Gasteiger partial charge in [0, 0.05) is 11.0 Å². The SMILES string of the molecule is O=C(O)Cc1nc(Sc2ccccc2)ccc1[N+](=O)[O-]. The molecule has 0 aliphatic heterocycles. The smallest absolute Gasteiger partial charge is 0.309 e. The average molecular weight is 290 g/mol. The van der Waals surface area contributed by atoms with E-state index in [1.165, 1.54) is 23.9 Å². The molecule has 0 bridgehead atoms. The number of nitrogens with zero attached hydrogens (tertiary/aromatic N) is 2. The highest BCUT2D eigenvalue weighted by Gasteiger charge is 2.18. The highest BCUT2D eigenvalue weighted by atomic mass is 32.2. The number of nitro groups is 1. The molecule has 2 aromatic rings. The Balaban J connectivity index is 2.31. The molecule has 20 heavy (non-hydrogen) atoms. The number of benzene rings is 1. The van der Waals surface area contributed by atoms with Crippen molar-refractivity contribution < 1.29 is 14.8 Å². The largest absolute Gasteiger partial charge is 0.481 e. The minimum atomic E-state index is -1.15. The van der Waals surface area contributed by atoms with E-state index in [4.69, 9.17) is 5.11 Å². The maximum Gasteiger partial charge on any atom is 0.309 e. The van der Waals surface area contributed by atoms with Crippen molar-refractivity contribution in [3.63, 3.8) is 0 Å². The van der Waals surface area contributed by atoms with Crippen LogP contribution >= 0.6 is 11.8 Å². The Labute approximate surface area is 118 Å². The third-order valence-electron chi connectivity index (χ3n) is 2.41. The van der Waals surface area contributed by atoms with Crippen LogP contribution in [0, 0.1) is 10.1 Å². The quantitative estimate of drug-likeness (QED) is 0.672. The lowest BCUT2D eigenvalue weighted by Gasteiger charge is -2.04. The number of carboxylic acid groups (broad SMARTS) is 1. The summed E-state index contributed by atoms with van der Waals surface area (Å²) in [5.74, 6) is -1.15. The van der Waals surface area contributed by atoms with Crippen molar-refractivity contribution in [1.29, 1.82) is 0 Å². The van der Waals surface area contributed by atoms with Gasteiger partial charge in [-0.05, 0) is 18.2 Å². The number of aromatic nitrogens is 1. The van der Waals surface area contributed by atoms with Gasteiger partial charge in [-0.25, -0.2) is 4.98 Å². The van der Waals surface area contributed by atoms with Crippen molar-refractivity contribution in [1.82, 2.24) is 4.98 Å². The highest BCUT2D eigenvalue weighted by Crippen LogP contribution is 2.28. The van der Waals surface area contributed by atoms with Gasteiger partial charge in [-0.15, -0.1) is 0 Å². The van der Waals surface area contributed by atoms with Gasteiger partial charge in [-0.1, -0.05) is 30.0 Å². The van der Waals surface area contributed by atoms with E-state index in [-0.39, 0.29) is 11.4 Å². The van der Waals surface area contributed by atoms with Gasteiger partial charge in [0.2, 0.25) is 0 Å². The Morgan fingerprint density at radius 2 is 1.95 bits per heavy atom. The summed E-state index contributed by atoms with van der Waals surface area (Å²) in [4.78, 5) is 26.0. The van der Waals surface area contributed by atoms with Crippen LogP contribution in [0.2, 0.25) is 0 Å². The van der Waals surface area contributed by atoms with E-state index >= 15 is 0 Å². The molecule has 0 radical (unpaired) electrons. The highest BCUT2D eigenvalue weighted by molar-refractivity contribution is 7.99. The Morgan fingerprint density at radius 1 is 1.25 bits per heavy atom. The molecule has 0 atom stereocenters. The van der Waals surface area contributed by atoms with Crippen LogP contribution in [0.25, 0.3) is 0 Å². The van der Waals surface area contributed by atoms with Gasteiger partial charge in [0.25, 0.3) is 5.69 Å². The van der Waals surface area contributed by atoms with E-state index in [2.05, 4.69) is 4.98 Å². The van der Waals surface area contributed by atoms with Crippen LogP contribution < -0.4 is 0 Å². The zero-order chi connectivity index (χ0) is 14.5. The molecule has 7 heteroatoms. The van der Waals surface area contributed by atoms with E-state index in [9.17, 15) is 14.9 Å². The normalized spacial score (nSPS) is 10.2. The van der Waals surface area contributed by atoms with Crippen molar-refractivity contribution >= 4 is 23.4 Å². The van der Waals surface area contributed by atoms with Crippen molar-refractivity contribution in [2.45, 2.75) is 16.3 Å². The first-order chi connectivity index (χ1) is 9.56. The van der Waals surface area contributed by atoms with Crippen LogP contribution in [0.1, 0.15) is 5.69 Å². The molecule has 2 rings (SSSR count). The average Bonchev–Trinajstić information content (AvgIpc) is 2.39. The number of aliphatic carboxylic acids is 1. The Morgan fingerprint density at radius 3 is 2.55 bits per heavy atom. The van der Waals surface area contributed by atoms with Crippen molar-refractivity contribution in [2.24, 2.45) is 0 Å². The van der Waals surface area contributed by atoms with Crippen LogP contribution in [0.15, 0.2) is 52.4 Å². The lowest BCUT2D eigenvalue weighted by Crippen LogP contribution is -2.06. The second kappa shape index (κ2) is 6.16. The summed E-state index contributed by atoms with van der Waals surface area (Å²) >= 11 is 1.32. The summed E-state index contributed by atoms with van der Waals surface area (Å²) in [6, 6.07) is 12.2. The molecule has 6 nitrogen and oxygen atoms in total. The predicted octanol–water partition coefficient (Wildman–Crippen LogP) is 2.77. The molecule has 0 saturated heterocycles. The van der Waals surface area contributed by atoms with E-state index in [0.717, 1.165) is 4.90 Å². The maximum absolute atomic E-state index is 10.8. The van der Waals surface area contributed by atoms with E-state index in [0.29, 0.717) is 5.03 Å².